The van der Waals surface area contributed by atoms with Crippen molar-refractivity contribution >= 4 is 11.9 Å². The van der Waals surface area contributed by atoms with Crippen LogP contribution in [0.4, 0.5) is 0 Å². The number of hydrogen-bond acceptors (Lipinski definition) is 3. The number of carboxylic acids is 1. The Balaban J connectivity index is 3.34. The van der Waals surface area contributed by atoms with Gasteiger partial charge in [-0.05, 0) is 25.8 Å². The van der Waals surface area contributed by atoms with Gasteiger partial charge in [-0.3, -0.25) is 9.59 Å². The number of aryl methyl sites for hydroxylation is 1. The van der Waals surface area contributed by atoms with Gasteiger partial charge in [0.15, 0.2) is 5.41 Å². The summed E-state index contributed by atoms with van der Waals surface area (Å²) >= 11 is 0. The maximum Gasteiger partial charge on any atom is 0.328 e. The number of aliphatic carboxylic acids is 1. The molecule has 4 nitrogen and oxygen atoms in total. The molecular weight excluding hydrogens is 244 g/mol. The molecule has 1 rings (SSSR count). The first-order valence-electron chi connectivity index (χ1n) is 6.46. The van der Waals surface area contributed by atoms with Crippen molar-refractivity contribution in [1.29, 1.82) is 0 Å². The van der Waals surface area contributed by atoms with Crippen LogP contribution in [0.15, 0.2) is 24.3 Å². The molecule has 0 saturated heterocycles. The predicted octanol–water partition coefficient (Wildman–Crippen LogP) is 2.68. The first kappa shape index (κ1) is 15.2. The molecule has 0 aliphatic heterocycles. The van der Waals surface area contributed by atoms with Crippen LogP contribution in [0.2, 0.25) is 0 Å². The van der Waals surface area contributed by atoms with E-state index in [2.05, 4.69) is 0 Å². The third-order valence-electron chi connectivity index (χ3n) is 3.16. The van der Waals surface area contributed by atoms with Crippen LogP contribution in [0.1, 0.15) is 37.8 Å². The van der Waals surface area contributed by atoms with E-state index in [9.17, 15) is 14.7 Å². The molecule has 0 aliphatic rings. The Labute approximate surface area is 113 Å². The third kappa shape index (κ3) is 2.95. The Kier molecular flexibility index (Phi) is 5.10. The number of benzene rings is 1. The van der Waals surface area contributed by atoms with E-state index in [1.165, 1.54) is 0 Å². The lowest BCUT2D eigenvalue weighted by Gasteiger charge is -2.27. The zero-order valence-corrected chi connectivity index (χ0v) is 11.6. The Morgan fingerprint density at radius 2 is 1.79 bits per heavy atom. The van der Waals surface area contributed by atoms with Crippen LogP contribution in [0.25, 0.3) is 0 Å². The van der Waals surface area contributed by atoms with Crippen LogP contribution in [0.5, 0.6) is 0 Å². The molecule has 1 aromatic carbocycles. The molecule has 19 heavy (non-hydrogen) atoms. The van der Waals surface area contributed by atoms with Crippen molar-refractivity contribution in [2.75, 3.05) is 6.61 Å². The first-order valence-corrected chi connectivity index (χ1v) is 6.46. The lowest BCUT2D eigenvalue weighted by molar-refractivity contribution is -0.162. The molecule has 1 atom stereocenters. The molecule has 0 spiro atoms. The van der Waals surface area contributed by atoms with E-state index >= 15 is 0 Å². The van der Waals surface area contributed by atoms with E-state index in [4.69, 9.17) is 4.74 Å². The van der Waals surface area contributed by atoms with Gasteiger partial charge < -0.3 is 9.84 Å². The third-order valence-corrected chi connectivity index (χ3v) is 3.16. The zero-order chi connectivity index (χ0) is 14.5. The van der Waals surface area contributed by atoms with Crippen LogP contribution < -0.4 is 0 Å². The zero-order valence-electron chi connectivity index (χ0n) is 11.6. The Morgan fingerprint density at radius 1 is 1.21 bits per heavy atom. The second kappa shape index (κ2) is 6.36. The van der Waals surface area contributed by atoms with Gasteiger partial charge in [0.2, 0.25) is 0 Å². The Morgan fingerprint density at radius 3 is 2.21 bits per heavy atom. The fourth-order valence-corrected chi connectivity index (χ4v) is 2.15. The smallest absolute Gasteiger partial charge is 0.328 e. The van der Waals surface area contributed by atoms with Crippen LogP contribution in [0, 0.1) is 6.92 Å². The average molecular weight is 264 g/mol. The molecule has 1 unspecified atom stereocenters. The summed E-state index contributed by atoms with van der Waals surface area (Å²) in [4.78, 5) is 23.9. The molecule has 0 aromatic heterocycles. The van der Waals surface area contributed by atoms with Crippen LogP contribution >= 0.6 is 0 Å². The van der Waals surface area contributed by atoms with Crippen molar-refractivity contribution in [3.63, 3.8) is 0 Å². The minimum Gasteiger partial charge on any atom is -0.480 e. The fraction of sp³-hybridized carbons (Fsp3) is 0.467. The van der Waals surface area contributed by atoms with Crippen molar-refractivity contribution < 1.29 is 19.4 Å². The normalized spacial score (nSPS) is 13.6. The number of hydrogen-bond donors (Lipinski definition) is 1. The summed E-state index contributed by atoms with van der Waals surface area (Å²) < 4.78 is 4.99. The molecule has 0 fully saturated rings. The van der Waals surface area contributed by atoms with Crippen molar-refractivity contribution in [3.05, 3.63) is 35.4 Å². The number of rotatable bonds is 6. The van der Waals surface area contributed by atoms with E-state index in [0.717, 1.165) is 5.56 Å². The number of carboxylic acid groups (broad SMARTS) is 1. The lowest BCUT2D eigenvalue weighted by atomic mass is 9.76. The molecule has 4 heteroatoms. The quantitative estimate of drug-likeness (QED) is 0.633. The second-order valence-corrected chi connectivity index (χ2v) is 4.55. The number of ether oxygens (including phenoxy) is 1. The van der Waals surface area contributed by atoms with Gasteiger partial charge in [-0.15, -0.1) is 0 Å². The predicted molar refractivity (Wildman–Crippen MR) is 72.0 cm³/mol. The topological polar surface area (TPSA) is 63.6 Å². The summed E-state index contributed by atoms with van der Waals surface area (Å²) in [6.07, 6.45) is 0.809. The van der Waals surface area contributed by atoms with Gasteiger partial charge >= 0.3 is 11.9 Å². The van der Waals surface area contributed by atoms with Gasteiger partial charge in [0.1, 0.15) is 0 Å². The molecule has 0 bridgehead atoms. The Bertz CT molecular complexity index is 450. The van der Waals surface area contributed by atoms with E-state index in [1.54, 1.807) is 19.1 Å². The molecule has 0 amide bonds. The fourth-order valence-electron chi connectivity index (χ4n) is 2.15. The largest absolute Gasteiger partial charge is 0.480 e. The van der Waals surface area contributed by atoms with Crippen LogP contribution in [-0.4, -0.2) is 23.7 Å². The van der Waals surface area contributed by atoms with E-state index in [-0.39, 0.29) is 13.0 Å². The molecule has 0 radical (unpaired) electrons. The van der Waals surface area contributed by atoms with Crippen molar-refractivity contribution in [2.45, 2.75) is 39.0 Å². The second-order valence-electron chi connectivity index (χ2n) is 4.55. The van der Waals surface area contributed by atoms with Gasteiger partial charge in [-0.1, -0.05) is 43.2 Å². The molecule has 0 aliphatic carbocycles. The average Bonchev–Trinajstić information content (AvgIpc) is 2.37. The van der Waals surface area contributed by atoms with E-state index < -0.39 is 17.4 Å². The van der Waals surface area contributed by atoms with E-state index in [1.807, 2.05) is 26.0 Å². The maximum atomic E-state index is 12.2. The molecule has 0 saturated carbocycles. The molecule has 1 N–H and O–H groups in total. The summed E-state index contributed by atoms with van der Waals surface area (Å²) in [7, 11) is 0. The minimum atomic E-state index is -1.60. The van der Waals surface area contributed by atoms with Crippen LogP contribution in [0.3, 0.4) is 0 Å². The summed E-state index contributed by atoms with van der Waals surface area (Å²) in [6, 6.07) is 7.00. The van der Waals surface area contributed by atoms with Gasteiger partial charge in [-0.25, -0.2) is 0 Å². The maximum absolute atomic E-state index is 12.2. The van der Waals surface area contributed by atoms with Crippen LogP contribution in [-0.2, 0) is 19.7 Å². The standard InChI is InChI=1S/C15H20O4/c1-4-10-15(13(16)17,14(18)19-5-2)12-8-6-11(3)7-9-12/h6-9H,4-5,10H2,1-3H3,(H,16,17). The molecular formula is C15H20O4. The van der Waals surface area contributed by atoms with Gasteiger partial charge in [-0.2, -0.15) is 0 Å². The number of carbonyl (C=O) groups excluding carboxylic acids is 1. The highest BCUT2D eigenvalue weighted by Crippen LogP contribution is 2.32. The summed E-state index contributed by atoms with van der Waals surface area (Å²) in [5, 5.41) is 9.57. The van der Waals surface area contributed by atoms with Gasteiger partial charge in [0.25, 0.3) is 0 Å². The monoisotopic (exact) mass is 264 g/mol. The highest BCUT2D eigenvalue weighted by Gasteiger charge is 2.48. The summed E-state index contributed by atoms with van der Waals surface area (Å²) in [5.41, 5.74) is -0.104. The van der Waals surface area contributed by atoms with Crippen molar-refractivity contribution in [2.24, 2.45) is 0 Å². The highest BCUT2D eigenvalue weighted by atomic mass is 16.5. The minimum absolute atomic E-state index is 0.170. The van der Waals surface area contributed by atoms with Crippen molar-refractivity contribution in [3.8, 4) is 0 Å². The molecule has 1 aromatic rings. The number of esters is 1. The van der Waals surface area contributed by atoms with Gasteiger partial charge in [0, 0.05) is 0 Å². The Hall–Kier alpha value is -1.84. The van der Waals surface area contributed by atoms with Gasteiger partial charge in [0.05, 0.1) is 6.61 Å². The van der Waals surface area contributed by atoms with E-state index in [0.29, 0.717) is 12.0 Å². The summed E-state index contributed by atoms with van der Waals surface area (Å²) in [5.74, 6) is -1.84. The SMILES string of the molecule is CCCC(C(=O)O)(C(=O)OCC)c1ccc(C)cc1. The lowest BCUT2D eigenvalue weighted by Crippen LogP contribution is -2.45. The highest BCUT2D eigenvalue weighted by molar-refractivity contribution is 6.05. The first-order chi connectivity index (χ1) is 8.98. The molecule has 0 heterocycles. The van der Waals surface area contributed by atoms with Crippen molar-refractivity contribution in [1.82, 2.24) is 0 Å². The number of carbonyl (C=O) groups is 2. The summed E-state index contributed by atoms with van der Waals surface area (Å²) in [6.45, 7) is 5.61. The molecule has 104 valence electrons.